The highest BCUT2D eigenvalue weighted by atomic mass is 16.6. The summed E-state index contributed by atoms with van der Waals surface area (Å²) in [7, 11) is 0. The van der Waals surface area contributed by atoms with Crippen LogP contribution in [0.2, 0.25) is 0 Å². The summed E-state index contributed by atoms with van der Waals surface area (Å²) in [5.74, 6) is 0.889. The van der Waals surface area contributed by atoms with Crippen LogP contribution < -0.4 is 5.32 Å². The lowest BCUT2D eigenvalue weighted by Crippen LogP contribution is -2.53. The van der Waals surface area contributed by atoms with Crippen LogP contribution in [0.3, 0.4) is 0 Å². The first-order chi connectivity index (χ1) is 10.3. The van der Waals surface area contributed by atoms with Crippen molar-refractivity contribution in [1.82, 2.24) is 15.1 Å². The van der Waals surface area contributed by atoms with Gasteiger partial charge in [0.25, 0.3) is 0 Å². The van der Waals surface area contributed by atoms with Crippen LogP contribution in [0.4, 0.5) is 4.79 Å². The van der Waals surface area contributed by atoms with Crippen LogP contribution in [-0.2, 0) is 9.53 Å². The molecule has 1 aliphatic heterocycles. The van der Waals surface area contributed by atoms with E-state index in [4.69, 9.17) is 4.74 Å². The molecule has 126 valence electrons. The van der Waals surface area contributed by atoms with Gasteiger partial charge in [0.1, 0.15) is 5.60 Å². The maximum Gasteiger partial charge on any atom is 0.410 e. The van der Waals surface area contributed by atoms with Crippen molar-refractivity contribution in [3.05, 3.63) is 0 Å². The first kappa shape index (κ1) is 17.1. The van der Waals surface area contributed by atoms with Crippen molar-refractivity contribution in [2.75, 3.05) is 39.3 Å². The van der Waals surface area contributed by atoms with Gasteiger partial charge in [-0.15, -0.1) is 0 Å². The van der Waals surface area contributed by atoms with Crippen LogP contribution in [0.25, 0.3) is 0 Å². The molecule has 6 nitrogen and oxygen atoms in total. The van der Waals surface area contributed by atoms with Gasteiger partial charge >= 0.3 is 6.09 Å². The molecule has 0 radical (unpaired) electrons. The van der Waals surface area contributed by atoms with Gasteiger partial charge in [-0.3, -0.25) is 4.79 Å². The number of rotatable bonds is 4. The molecule has 2 amide bonds. The van der Waals surface area contributed by atoms with Crippen LogP contribution in [0.15, 0.2) is 0 Å². The van der Waals surface area contributed by atoms with Gasteiger partial charge in [0.2, 0.25) is 5.91 Å². The molecule has 0 atom stereocenters. The lowest BCUT2D eigenvalue weighted by Gasteiger charge is -2.35. The highest BCUT2D eigenvalue weighted by Crippen LogP contribution is 2.25. The molecule has 22 heavy (non-hydrogen) atoms. The molecule has 2 aliphatic rings. The number of nitrogens with one attached hydrogen (secondary N) is 1. The van der Waals surface area contributed by atoms with Crippen LogP contribution in [0.1, 0.15) is 40.0 Å². The molecule has 1 aliphatic carbocycles. The van der Waals surface area contributed by atoms with Crippen molar-refractivity contribution >= 4 is 12.0 Å². The Bertz CT molecular complexity index is 394. The normalized spacial score (nSPS) is 19.8. The first-order valence-corrected chi connectivity index (χ1v) is 8.31. The van der Waals surface area contributed by atoms with Gasteiger partial charge in [-0.1, -0.05) is 6.42 Å². The molecule has 1 saturated carbocycles. The molecular formula is C16H29N3O3. The number of carbonyl (C=O) groups is 2. The van der Waals surface area contributed by atoms with Crippen LogP contribution >= 0.6 is 0 Å². The summed E-state index contributed by atoms with van der Waals surface area (Å²) in [6.07, 6.45) is 3.61. The van der Waals surface area contributed by atoms with E-state index in [-0.39, 0.29) is 12.0 Å². The largest absolute Gasteiger partial charge is 0.444 e. The van der Waals surface area contributed by atoms with Crippen molar-refractivity contribution < 1.29 is 14.3 Å². The van der Waals surface area contributed by atoms with E-state index < -0.39 is 5.60 Å². The maximum atomic E-state index is 12.1. The Balaban J connectivity index is 1.65. The van der Waals surface area contributed by atoms with E-state index in [2.05, 4.69) is 5.32 Å². The molecule has 0 bridgehead atoms. The van der Waals surface area contributed by atoms with Crippen molar-refractivity contribution in [2.45, 2.75) is 45.6 Å². The third-order valence-electron chi connectivity index (χ3n) is 4.22. The summed E-state index contributed by atoms with van der Waals surface area (Å²) in [6.45, 7) is 9.20. The van der Waals surface area contributed by atoms with E-state index in [1.54, 1.807) is 4.90 Å². The molecule has 0 spiro atoms. The zero-order valence-electron chi connectivity index (χ0n) is 14.1. The molecule has 1 heterocycles. The number of hydrogen-bond donors (Lipinski definition) is 1. The van der Waals surface area contributed by atoms with E-state index in [0.717, 1.165) is 12.5 Å². The van der Waals surface area contributed by atoms with Gasteiger partial charge in [-0.2, -0.15) is 0 Å². The minimum absolute atomic E-state index is 0.128. The van der Waals surface area contributed by atoms with Gasteiger partial charge in [-0.05, 0) is 46.1 Å². The van der Waals surface area contributed by atoms with E-state index in [9.17, 15) is 9.59 Å². The summed E-state index contributed by atoms with van der Waals surface area (Å²) < 4.78 is 5.35. The Morgan fingerprint density at radius 2 is 1.68 bits per heavy atom. The second-order valence-corrected chi connectivity index (χ2v) is 7.28. The summed E-state index contributed by atoms with van der Waals surface area (Å²) in [4.78, 5) is 27.6. The second kappa shape index (κ2) is 7.31. The van der Waals surface area contributed by atoms with Gasteiger partial charge in [0.05, 0.1) is 6.54 Å². The fourth-order valence-electron chi connectivity index (χ4n) is 2.66. The number of piperazine rings is 1. The van der Waals surface area contributed by atoms with Crippen LogP contribution in [0.5, 0.6) is 0 Å². The number of amides is 2. The molecule has 0 unspecified atom stereocenters. The van der Waals surface area contributed by atoms with Crippen molar-refractivity contribution in [3.63, 3.8) is 0 Å². The van der Waals surface area contributed by atoms with Crippen LogP contribution in [-0.4, -0.2) is 66.7 Å². The predicted octanol–water partition coefficient (Wildman–Crippen LogP) is 1.46. The zero-order chi connectivity index (χ0) is 16.2. The highest BCUT2D eigenvalue weighted by Gasteiger charge is 2.27. The first-order valence-electron chi connectivity index (χ1n) is 8.31. The minimum Gasteiger partial charge on any atom is -0.444 e. The maximum absolute atomic E-state index is 12.1. The lowest BCUT2D eigenvalue weighted by atomic mass is 9.85. The molecule has 0 aromatic heterocycles. The van der Waals surface area contributed by atoms with E-state index in [1.165, 1.54) is 19.3 Å². The lowest BCUT2D eigenvalue weighted by molar-refractivity contribution is -0.132. The van der Waals surface area contributed by atoms with Gasteiger partial charge < -0.3 is 19.9 Å². The van der Waals surface area contributed by atoms with Crippen molar-refractivity contribution in [2.24, 2.45) is 5.92 Å². The second-order valence-electron chi connectivity index (χ2n) is 7.28. The Hall–Kier alpha value is -1.30. The third kappa shape index (κ3) is 5.16. The van der Waals surface area contributed by atoms with E-state index in [0.29, 0.717) is 32.7 Å². The van der Waals surface area contributed by atoms with Gasteiger partial charge in [0, 0.05) is 26.2 Å². The topological polar surface area (TPSA) is 61.9 Å². The average Bonchev–Trinajstić information content (AvgIpc) is 2.39. The molecule has 0 aromatic rings. The molecule has 2 rings (SSSR count). The fraction of sp³-hybridized carbons (Fsp3) is 0.875. The Morgan fingerprint density at radius 3 is 2.18 bits per heavy atom. The molecule has 2 fully saturated rings. The molecule has 1 saturated heterocycles. The molecule has 1 N–H and O–H groups in total. The fourth-order valence-corrected chi connectivity index (χ4v) is 2.66. The molecular weight excluding hydrogens is 282 g/mol. The van der Waals surface area contributed by atoms with E-state index in [1.807, 2.05) is 25.7 Å². The minimum atomic E-state index is -0.477. The summed E-state index contributed by atoms with van der Waals surface area (Å²) >= 11 is 0. The van der Waals surface area contributed by atoms with Crippen LogP contribution in [0, 0.1) is 5.92 Å². The standard InChI is InChI=1S/C16H29N3O3/c1-16(2,3)22-15(21)19-9-7-18(8-10-19)14(20)12-17-11-13-5-4-6-13/h13,17H,4-12H2,1-3H3. The quantitative estimate of drug-likeness (QED) is 0.854. The number of nitrogens with zero attached hydrogens (tertiary/aromatic N) is 2. The number of hydrogen-bond acceptors (Lipinski definition) is 4. The highest BCUT2D eigenvalue weighted by molar-refractivity contribution is 5.78. The summed E-state index contributed by atoms with van der Waals surface area (Å²) in [6, 6.07) is 0. The monoisotopic (exact) mass is 311 g/mol. The Morgan fingerprint density at radius 1 is 1.09 bits per heavy atom. The molecule has 6 heteroatoms. The van der Waals surface area contributed by atoms with Crippen molar-refractivity contribution in [1.29, 1.82) is 0 Å². The Kier molecular flexibility index (Phi) is 5.67. The Labute approximate surface area is 133 Å². The van der Waals surface area contributed by atoms with E-state index >= 15 is 0 Å². The SMILES string of the molecule is CC(C)(C)OC(=O)N1CCN(C(=O)CNCC2CCC2)CC1. The number of ether oxygens (including phenoxy) is 1. The van der Waals surface area contributed by atoms with Crippen molar-refractivity contribution in [3.8, 4) is 0 Å². The molecule has 0 aromatic carbocycles. The smallest absolute Gasteiger partial charge is 0.410 e. The predicted molar refractivity (Wildman–Crippen MR) is 84.6 cm³/mol. The average molecular weight is 311 g/mol. The summed E-state index contributed by atoms with van der Waals surface area (Å²) in [5, 5.41) is 3.25. The summed E-state index contributed by atoms with van der Waals surface area (Å²) in [5.41, 5.74) is -0.477. The zero-order valence-corrected chi connectivity index (χ0v) is 14.1. The van der Waals surface area contributed by atoms with Gasteiger partial charge in [0.15, 0.2) is 0 Å². The third-order valence-corrected chi connectivity index (χ3v) is 4.22. The van der Waals surface area contributed by atoms with Gasteiger partial charge in [-0.25, -0.2) is 4.79 Å². The number of carbonyl (C=O) groups excluding carboxylic acids is 2.